The van der Waals surface area contributed by atoms with Gasteiger partial charge in [0.15, 0.2) is 0 Å². The Balaban J connectivity index is 2.38. The predicted molar refractivity (Wildman–Crippen MR) is 62.5 cm³/mol. The second-order valence-electron chi connectivity index (χ2n) is 5.70. The molecular weight excluding hydrogens is 188 g/mol. The number of hydrogen-bond donors (Lipinski definition) is 2. The summed E-state index contributed by atoms with van der Waals surface area (Å²) in [5, 5.41) is 8.11. The van der Waals surface area contributed by atoms with Gasteiger partial charge in [0.1, 0.15) is 0 Å². The number of fused-ring (bicyclic) bond motifs is 2. The predicted octanol–water partition coefficient (Wildman–Crippen LogP) is 1.46. The molecule has 4 N–H and O–H groups in total. The van der Waals surface area contributed by atoms with Gasteiger partial charge in [0.2, 0.25) is 5.96 Å². The fourth-order valence-corrected chi connectivity index (χ4v) is 3.40. The fraction of sp³-hybridized carbons (Fsp3) is 0.818. The lowest BCUT2D eigenvalue weighted by Crippen LogP contribution is -2.35. The van der Waals surface area contributed by atoms with Crippen LogP contribution in [0.2, 0.25) is 0 Å². The van der Waals surface area contributed by atoms with Crippen molar-refractivity contribution in [2.45, 2.75) is 40.0 Å². The van der Waals surface area contributed by atoms with Crippen molar-refractivity contribution in [1.29, 1.82) is 0 Å². The summed E-state index contributed by atoms with van der Waals surface area (Å²) in [6, 6.07) is 0. The summed E-state index contributed by atoms with van der Waals surface area (Å²) >= 11 is 0. The topological polar surface area (TPSA) is 76.8 Å². The van der Waals surface area contributed by atoms with Crippen molar-refractivity contribution < 1.29 is 0 Å². The molecule has 2 atom stereocenters. The Kier molecular flexibility index (Phi) is 2.07. The van der Waals surface area contributed by atoms with Crippen LogP contribution in [0.1, 0.15) is 40.0 Å². The standard InChI is InChI=1S/C11H20N4/c1-10(2)7-4-5-11(3,6-7)8(10)14-15-9(12)13/h7H,4-6H2,1-3H3,(H4,12,13,15)/b14-8+. The van der Waals surface area contributed by atoms with E-state index in [1.165, 1.54) is 25.0 Å². The van der Waals surface area contributed by atoms with Crippen LogP contribution in [0.15, 0.2) is 10.2 Å². The highest BCUT2D eigenvalue weighted by Gasteiger charge is 2.57. The molecule has 0 saturated heterocycles. The molecule has 0 aromatic heterocycles. The number of hydrogen-bond acceptors (Lipinski definition) is 2. The molecule has 0 aromatic carbocycles. The third-order valence-electron chi connectivity index (χ3n) is 4.21. The molecule has 0 spiro atoms. The Morgan fingerprint density at radius 1 is 1.33 bits per heavy atom. The van der Waals surface area contributed by atoms with Crippen molar-refractivity contribution in [2.24, 2.45) is 38.4 Å². The van der Waals surface area contributed by atoms with Gasteiger partial charge in [-0.1, -0.05) is 20.8 Å². The smallest absolute Gasteiger partial charge is 0.211 e. The average molecular weight is 208 g/mol. The molecule has 0 aromatic rings. The van der Waals surface area contributed by atoms with Crippen molar-refractivity contribution in [3.63, 3.8) is 0 Å². The van der Waals surface area contributed by atoms with Gasteiger partial charge in [0.25, 0.3) is 0 Å². The molecule has 0 heterocycles. The van der Waals surface area contributed by atoms with Gasteiger partial charge >= 0.3 is 0 Å². The van der Waals surface area contributed by atoms with E-state index in [0.29, 0.717) is 0 Å². The molecule has 4 nitrogen and oxygen atoms in total. The number of nitrogens with zero attached hydrogens (tertiary/aromatic N) is 2. The molecule has 0 aliphatic heterocycles. The molecule has 2 saturated carbocycles. The van der Waals surface area contributed by atoms with Crippen LogP contribution in [0.25, 0.3) is 0 Å². The third-order valence-corrected chi connectivity index (χ3v) is 4.21. The molecule has 2 bridgehead atoms. The molecule has 2 unspecified atom stereocenters. The van der Waals surface area contributed by atoms with Gasteiger partial charge in [0.05, 0.1) is 5.71 Å². The second-order valence-corrected chi connectivity index (χ2v) is 5.70. The van der Waals surface area contributed by atoms with E-state index in [-0.39, 0.29) is 16.8 Å². The van der Waals surface area contributed by atoms with Crippen molar-refractivity contribution in [1.82, 2.24) is 0 Å². The van der Waals surface area contributed by atoms with Gasteiger partial charge in [-0.05, 0) is 25.2 Å². The number of guanidine groups is 1. The summed E-state index contributed by atoms with van der Waals surface area (Å²) in [7, 11) is 0. The number of rotatable bonds is 1. The highest BCUT2D eigenvalue weighted by molar-refractivity contribution is 5.98. The highest BCUT2D eigenvalue weighted by Crippen LogP contribution is 2.60. The van der Waals surface area contributed by atoms with E-state index in [9.17, 15) is 0 Å². The molecule has 2 aliphatic rings. The van der Waals surface area contributed by atoms with E-state index < -0.39 is 0 Å². The van der Waals surface area contributed by atoms with E-state index in [1.807, 2.05) is 0 Å². The van der Waals surface area contributed by atoms with Crippen LogP contribution >= 0.6 is 0 Å². The molecule has 2 rings (SSSR count). The van der Waals surface area contributed by atoms with Gasteiger partial charge < -0.3 is 11.5 Å². The maximum Gasteiger partial charge on any atom is 0.211 e. The van der Waals surface area contributed by atoms with Crippen LogP contribution in [-0.4, -0.2) is 11.7 Å². The normalized spacial score (nSPS) is 39.7. The SMILES string of the molecule is CC12CCC(C1)C(C)(C)/C2=N\N=C(N)N. The lowest BCUT2D eigenvalue weighted by molar-refractivity contribution is 0.332. The summed E-state index contributed by atoms with van der Waals surface area (Å²) in [5.41, 5.74) is 12.2. The Bertz CT molecular complexity index is 332. The Morgan fingerprint density at radius 3 is 2.47 bits per heavy atom. The van der Waals surface area contributed by atoms with Gasteiger partial charge in [0, 0.05) is 10.8 Å². The van der Waals surface area contributed by atoms with Crippen LogP contribution in [-0.2, 0) is 0 Å². The van der Waals surface area contributed by atoms with Gasteiger partial charge in [-0.2, -0.15) is 5.10 Å². The van der Waals surface area contributed by atoms with Gasteiger partial charge in [-0.15, -0.1) is 5.10 Å². The molecule has 0 radical (unpaired) electrons. The largest absolute Gasteiger partial charge is 0.369 e. The summed E-state index contributed by atoms with van der Waals surface area (Å²) in [6.45, 7) is 6.79. The molecule has 4 heteroatoms. The van der Waals surface area contributed by atoms with Crippen LogP contribution in [0, 0.1) is 16.7 Å². The van der Waals surface area contributed by atoms with E-state index in [4.69, 9.17) is 11.5 Å². The van der Waals surface area contributed by atoms with Crippen LogP contribution < -0.4 is 11.5 Å². The lowest BCUT2D eigenvalue weighted by Gasteiger charge is -2.34. The zero-order valence-corrected chi connectivity index (χ0v) is 9.75. The third kappa shape index (κ3) is 1.43. The summed E-state index contributed by atoms with van der Waals surface area (Å²) in [6.07, 6.45) is 3.77. The van der Waals surface area contributed by atoms with Crippen molar-refractivity contribution in [2.75, 3.05) is 0 Å². The molecule has 2 fully saturated rings. The first-order valence-electron chi connectivity index (χ1n) is 5.54. The quantitative estimate of drug-likeness (QED) is 0.389. The lowest BCUT2D eigenvalue weighted by atomic mass is 9.71. The first kappa shape index (κ1) is 10.5. The maximum absolute atomic E-state index is 5.32. The Hall–Kier alpha value is -1.06. The van der Waals surface area contributed by atoms with Gasteiger partial charge in [-0.25, -0.2) is 0 Å². The molecule has 0 amide bonds. The van der Waals surface area contributed by atoms with E-state index in [0.717, 1.165) is 5.92 Å². The Morgan fingerprint density at radius 2 is 2.00 bits per heavy atom. The highest BCUT2D eigenvalue weighted by atomic mass is 15.3. The Labute approximate surface area is 90.8 Å². The van der Waals surface area contributed by atoms with Crippen molar-refractivity contribution in [3.8, 4) is 0 Å². The fourth-order valence-electron chi connectivity index (χ4n) is 3.40. The van der Waals surface area contributed by atoms with Crippen LogP contribution in [0.4, 0.5) is 0 Å². The van der Waals surface area contributed by atoms with Gasteiger partial charge in [-0.3, -0.25) is 0 Å². The molecule has 2 aliphatic carbocycles. The summed E-state index contributed by atoms with van der Waals surface area (Å²) in [5.74, 6) is 0.792. The monoisotopic (exact) mass is 208 g/mol. The second kappa shape index (κ2) is 2.97. The zero-order valence-electron chi connectivity index (χ0n) is 9.75. The molecular formula is C11H20N4. The maximum atomic E-state index is 5.32. The average Bonchev–Trinajstić information content (AvgIpc) is 2.54. The van der Waals surface area contributed by atoms with Crippen LogP contribution in [0.3, 0.4) is 0 Å². The van der Waals surface area contributed by atoms with E-state index in [2.05, 4.69) is 31.0 Å². The first-order chi connectivity index (χ1) is 6.86. The molecule has 84 valence electrons. The minimum atomic E-state index is 0.0460. The summed E-state index contributed by atoms with van der Waals surface area (Å²) in [4.78, 5) is 0. The summed E-state index contributed by atoms with van der Waals surface area (Å²) < 4.78 is 0. The minimum absolute atomic E-state index is 0.0460. The van der Waals surface area contributed by atoms with E-state index >= 15 is 0 Å². The van der Waals surface area contributed by atoms with Crippen LogP contribution in [0.5, 0.6) is 0 Å². The van der Waals surface area contributed by atoms with Crippen molar-refractivity contribution in [3.05, 3.63) is 0 Å². The molecule has 15 heavy (non-hydrogen) atoms. The van der Waals surface area contributed by atoms with E-state index in [1.54, 1.807) is 0 Å². The number of nitrogens with two attached hydrogens (primary N) is 2. The zero-order chi connectivity index (χ0) is 11.3. The minimum Gasteiger partial charge on any atom is -0.369 e. The first-order valence-corrected chi connectivity index (χ1v) is 5.54. The van der Waals surface area contributed by atoms with Crippen molar-refractivity contribution >= 4 is 11.7 Å².